The number of fused-ring (bicyclic) bond motifs is 3. The van der Waals surface area contributed by atoms with E-state index < -0.39 is 0 Å². The second kappa shape index (κ2) is 5.33. The normalized spacial score (nSPS) is 14.9. The molecule has 0 bridgehead atoms. The molecule has 0 saturated heterocycles. The Morgan fingerprint density at radius 2 is 1.32 bits per heavy atom. The average Bonchev–Trinajstić information content (AvgIpc) is 2.83. The second-order valence-electron chi connectivity index (χ2n) is 8.73. The fourth-order valence-corrected chi connectivity index (χ4v) is 4.15. The van der Waals surface area contributed by atoms with E-state index in [0.29, 0.717) is 0 Å². The quantitative estimate of drug-likeness (QED) is 0.453. The van der Waals surface area contributed by atoms with Crippen molar-refractivity contribution in [1.82, 2.24) is 0 Å². The summed E-state index contributed by atoms with van der Waals surface area (Å²) >= 11 is 0. The van der Waals surface area contributed by atoms with E-state index in [1.54, 1.807) is 0 Å². The number of hydrogen-bond acceptors (Lipinski definition) is 0. The fourth-order valence-electron chi connectivity index (χ4n) is 4.15. The zero-order chi connectivity index (χ0) is 17.8. The van der Waals surface area contributed by atoms with Crippen molar-refractivity contribution < 1.29 is 0 Å². The van der Waals surface area contributed by atoms with Crippen LogP contribution in [0.1, 0.15) is 51.3 Å². The molecule has 25 heavy (non-hydrogen) atoms. The fraction of sp³-hybridized carbons (Fsp3) is 0.280. The first-order valence-corrected chi connectivity index (χ1v) is 9.14. The first kappa shape index (κ1) is 16.1. The average molecular weight is 326 g/mol. The lowest BCUT2D eigenvalue weighted by Gasteiger charge is -2.22. The molecule has 0 amide bonds. The van der Waals surface area contributed by atoms with Gasteiger partial charge >= 0.3 is 0 Å². The van der Waals surface area contributed by atoms with Crippen molar-refractivity contribution in [1.29, 1.82) is 0 Å². The topological polar surface area (TPSA) is 0 Å². The minimum atomic E-state index is 0.0591. The molecule has 0 saturated carbocycles. The van der Waals surface area contributed by atoms with E-state index >= 15 is 0 Å². The smallest absolute Gasteiger partial charge is 0.0159 e. The molecule has 0 heterocycles. The first-order chi connectivity index (χ1) is 11.8. The molecule has 0 spiro atoms. The molecule has 0 heteroatoms. The molecule has 3 aromatic carbocycles. The maximum atomic E-state index is 2.36. The lowest BCUT2D eigenvalue weighted by atomic mass is 9.81. The molecule has 0 radical (unpaired) electrons. The van der Waals surface area contributed by atoms with Gasteiger partial charge in [0, 0.05) is 5.41 Å². The highest BCUT2D eigenvalue weighted by Gasteiger charge is 2.36. The van der Waals surface area contributed by atoms with E-state index in [2.05, 4.69) is 101 Å². The maximum absolute atomic E-state index is 2.36. The Hall–Kier alpha value is -2.34. The summed E-state index contributed by atoms with van der Waals surface area (Å²) in [5.74, 6) is 0. The first-order valence-electron chi connectivity index (χ1n) is 9.14. The molecule has 0 N–H and O–H groups in total. The van der Waals surface area contributed by atoms with Gasteiger partial charge < -0.3 is 0 Å². The van der Waals surface area contributed by atoms with Gasteiger partial charge in [-0.1, -0.05) is 101 Å². The van der Waals surface area contributed by atoms with Crippen LogP contribution in [0.5, 0.6) is 0 Å². The van der Waals surface area contributed by atoms with E-state index in [-0.39, 0.29) is 10.8 Å². The van der Waals surface area contributed by atoms with Crippen molar-refractivity contribution in [3.8, 4) is 22.3 Å². The van der Waals surface area contributed by atoms with Gasteiger partial charge in [-0.3, -0.25) is 0 Å². The molecule has 0 aliphatic heterocycles. The van der Waals surface area contributed by atoms with Crippen LogP contribution in [0.2, 0.25) is 0 Å². The van der Waals surface area contributed by atoms with E-state index in [0.717, 1.165) is 0 Å². The summed E-state index contributed by atoms with van der Waals surface area (Å²) in [7, 11) is 0. The van der Waals surface area contributed by atoms with Gasteiger partial charge in [-0.05, 0) is 44.4 Å². The molecule has 0 unspecified atom stereocenters. The van der Waals surface area contributed by atoms with Crippen LogP contribution in [0, 0.1) is 0 Å². The van der Waals surface area contributed by atoms with Gasteiger partial charge in [0.2, 0.25) is 0 Å². The predicted molar refractivity (Wildman–Crippen MR) is 108 cm³/mol. The summed E-state index contributed by atoms with van der Waals surface area (Å²) in [6.45, 7) is 11.5. The summed E-state index contributed by atoms with van der Waals surface area (Å²) in [4.78, 5) is 0. The van der Waals surface area contributed by atoms with Crippen molar-refractivity contribution in [3.63, 3.8) is 0 Å². The van der Waals surface area contributed by atoms with Gasteiger partial charge in [-0.25, -0.2) is 0 Å². The highest BCUT2D eigenvalue weighted by molar-refractivity contribution is 5.92. The van der Waals surface area contributed by atoms with Crippen LogP contribution in [0.3, 0.4) is 0 Å². The summed E-state index contributed by atoms with van der Waals surface area (Å²) in [5.41, 5.74) is 9.94. The van der Waals surface area contributed by atoms with Crippen LogP contribution >= 0.6 is 0 Å². The Balaban J connectivity index is 1.99. The summed E-state index contributed by atoms with van der Waals surface area (Å²) < 4.78 is 0. The second-order valence-corrected chi connectivity index (χ2v) is 8.73. The monoisotopic (exact) mass is 326 g/mol. The molecule has 4 rings (SSSR count). The van der Waals surface area contributed by atoms with Gasteiger partial charge in [0.1, 0.15) is 0 Å². The molecular weight excluding hydrogens is 300 g/mol. The van der Waals surface area contributed by atoms with Crippen LogP contribution in [-0.4, -0.2) is 0 Å². The highest BCUT2D eigenvalue weighted by atomic mass is 14.4. The van der Waals surface area contributed by atoms with Gasteiger partial charge in [-0.2, -0.15) is 0 Å². The third-order valence-corrected chi connectivity index (χ3v) is 5.65. The number of rotatable bonds is 1. The van der Waals surface area contributed by atoms with Crippen molar-refractivity contribution >= 4 is 0 Å². The Labute approximate surface area is 151 Å². The Morgan fingerprint density at radius 1 is 0.680 bits per heavy atom. The standard InChI is InChI=1S/C25H26/c1-24(2,3)18-11-8-10-17(16-18)19-13-9-15-22-23(19)20-12-6-7-14-21(20)25(22,4)5/h6-16H,1-5H3. The zero-order valence-corrected chi connectivity index (χ0v) is 15.9. The summed E-state index contributed by atoms with van der Waals surface area (Å²) in [6.07, 6.45) is 0. The largest absolute Gasteiger partial charge is 0.0619 e. The van der Waals surface area contributed by atoms with Crippen LogP contribution in [0.15, 0.2) is 66.7 Å². The lowest BCUT2D eigenvalue weighted by molar-refractivity contribution is 0.590. The highest BCUT2D eigenvalue weighted by Crippen LogP contribution is 2.51. The zero-order valence-electron chi connectivity index (χ0n) is 15.9. The van der Waals surface area contributed by atoms with Gasteiger partial charge in [0.05, 0.1) is 0 Å². The Bertz CT molecular complexity index is 952. The minimum Gasteiger partial charge on any atom is -0.0619 e. The molecule has 126 valence electrons. The summed E-state index contributed by atoms with van der Waals surface area (Å²) in [6, 6.07) is 24.7. The number of hydrogen-bond donors (Lipinski definition) is 0. The van der Waals surface area contributed by atoms with Crippen molar-refractivity contribution in [3.05, 3.63) is 83.4 Å². The Morgan fingerprint density at radius 3 is 2.08 bits per heavy atom. The van der Waals surface area contributed by atoms with Gasteiger partial charge in [0.25, 0.3) is 0 Å². The molecular formula is C25H26. The third-order valence-electron chi connectivity index (χ3n) is 5.65. The molecule has 1 aliphatic rings. The van der Waals surface area contributed by atoms with Crippen LogP contribution < -0.4 is 0 Å². The van der Waals surface area contributed by atoms with E-state index in [4.69, 9.17) is 0 Å². The SMILES string of the molecule is CC(C)(C)c1cccc(-c2cccc3c2-c2ccccc2C3(C)C)c1. The van der Waals surface area contributed by atoms with Crippen molar-refractivity contribution in [2.24, 2.45) is 0 Å². The van der Waals surface area contributed by atoms with Crippen LogP contribution in [0.25, 0.3) is 22.3 Å². The predicted octanol–water partition coefficient (Wildman–Crippen LogP) is 6.96. The molecule has 3 aromatic rings. The molecule has 0 fully saturated rings. The summed E-state index contributed by atoms with van der Waals surface area (Å²) in [5, 5.41) is 0. The van der Waals surface area contributed by atoms with E-state index in [9.17, 15) is 0 Å². The Kier molecular flexibility index (Phi) is 3.44. The van der Waals surface area contributed by atoms with E-state index in [1.165, 1.54) is 38.9 Å². The van der Waals surface area contributed by atoms with Crippen LogP contribution in [-0.2, 0) is 10.8 Å². The van der Waals surface area contributed by atoms with Crippen molar-refractivity contribution in [2.75, 3.05) is 0 Å². The molecule has 1 aliphatic carbocycles. The molecule has 0 aromatic heterocycles. The van der Waals surface area contributed by atoms with E-state index in [1.807, 2.05) is 0 Å². The minimum absolute atomic E-state index is 0.0591. The molecule has 0 nitrogen and oxygen atoms in total. The van der Waals surface area contributed by atoms with Gasteiger partial charge in [0.15, 0.2) is 0 Å². The van der Waals surface area contributed by atoms with Crippen molar-refractivity contribution in [2.45, 2.75) is 45.4 Å². The number of benzene rings is 3. The molecule has 0 atom stereocenters. The van der Waals surface area contributed by atoms with Gasteiger partial charge in [-0.15, -0.1) is 0 Å². The van der Waals surface area contributed by atoms with Crippen LogP contribution in [0.4, 0.5) is 0 Å². The lowest BCUT2D eigenvalue weighted by Crippen LogP contribution is -2.14. The third kappa shape index (κ3) is 2.43. The maximum Gasteiger partial charge on any atom is 0.0159 e.